The Balaban J connectivity index is 1.72. The zero-order valence-corrected chi connectivity index (χ0v) is 11.4. The number of nitrogens with one attached hydrogen (secondary N) is 1. The lowest BCUT2D eigenvalue weighted by Gasteiger charge is -2.01. The van der Waals surface area contributed by atoms with Crippen LogP contribution in [0.5, 0.6) is 0 Å². The van der Waals surface area contributed by atoms with E-state index in [1.807, 2.05) is 0 Å². The summed E-state index contributed by atoms with van der Waals surface area (Å²) < 4.78 is 14.4. The van der Waals surface area contributed by atoms with E-state index in [4.69, 9.17) is 0 Å². The van der Waals surface area contributed by atoms with Crippen LogP contribution in [0.1, 0.15) is 45.4 Å². The molecule has 104 valence electrons. The van der Waals surface area contributed by atoms with E-state index < -0.39 is 0 Å². The third kappa shape index (κ3) is 4.19. The van der Waals surface area contributed by atoms with Gasteiger partial charge in [0.25, 0.3) is 0 Å². The first-order chi connectivity index (χ1) is 9.29. The molecular weight excluding hydrogens is 243 g/mol. The van der Waals surface area contributed by atoms with Gasteiger partial charge in [0.05, 0.1) is 6.20 Å². The maximum absolute atomic E-state index is 13.0. The Labute approximate surface area is 113 Å². The molecular formula is C14H21FN4. The summed E-state index contributed by atoms with van der Waals surface area (Å²) in [5, 5.41) is 7.35. The van der Waals surface area contributed by atoms with E-state index in [0.29, 0.717) is 11.6 Å². The average Bonchev–Trinajstić information content (AvgIpc) is 2.79. The maximum Gasteiger partial charge on any atom is 0.243 e. The van der Waals surface area contributed by atoms with Crippen LogP contribution in [0.15, 0.2) is 18.3 Å². The summed E-state index contributed by atoms with van der Waals surface area (Å²) in [7, 11) is 0. The molecule has 2 rings (SSSR count). The SMILES string of the molecule is CCCCCCCCNc1nc2ccc(F)cn2n1. The van der Waals surface area contributed by atoms with Crippen LogP contribution in [0, 0.1) is 5.82 Å². The first-order valence-electron chi connectivity index (χ1n) is 7.05. The second-order valence-corrected chi connectivity index (χ2v) is 4.78. The normalized spacial score (nSPS) is 11.1. The number of pyridine rings is 1. The van der Waals surface area contributed by atoms with Crippen LogP contribution in [0.2, 0.25) is 0 Å². The Bertz CT molecular complexity index is 509. The second-order valence-electron chi connectivity index (χ2n) is 4.78. The van der Waals surface area contributed by atoms with Crippen LogP contribution in [-0.4, -0.2) is 21.1 Å². The minimum absolute atomic E-state index is 0.306. The molecule has 19 heavy (non-hydrogen) atoms. The number of rotatable bonds is 8. The Morgan fingerprint density at radius 3 is 2.79 bits per heavy atom. The van der Waals surface area contributed by atoms with Gasteiger partial charge in [-0.05, 0) is 18.6 Å². The zero-order chi connectivity index (χ0) is 13.5. The first-order valence-corrected chi connectivity index (χ1v) is 7.05. The summed E-state index contributed by atoms with van der Waals surface area (Å²) in [6.07, 6.45) is 8.90. The molecule has 0 unspecified atom stereocenters. The second kappa shape index (κ2) is 7.07. The minimum atomic E-state index is -0.306. The van der Waals surface area contributed by atoms with Crippen LogP contribution in [0.4, 0.5) is 10.3 Å². The molecule has 5 heteroatoms. The van der Waals surface area contributed by atoms with Gasteiger partial charge in [0.2, 0.25) is 5.95 Å². The van der Waals surface area contributed by atoms with Crippen molar-refractivity contribution in [1.82, 2.24) is 14.6 Å². The van der Waals surface area contributed by atoms with Crippen molar-refractivity contribution in [3.05, 3.63) is 24.1 Å². The Morgan fingerprint density at radius 2 is 1.95 bits per heavy atom. The predicted molar refractivity (Wildman–Crippen MR) is 74.8 cm³/mol. The molecule has 0 aliphatic rings. The largest absolute Gasteiger partial charge is 0.353 e. The van der Waals surface area contributed by atoms with Crippen molar-refractivity contribution >= 4 is 11.6 Å². The van der Waals surface area contributed by atoms with Gasteiger partial charge in [-0.15, -0.1) is 5.10 Å². The van der Waals surface area contributed by atoms with E-state index in [2.05, 4.69) is 22.3 Å². The number of aromatic nitrogens is 3. The van der Waals surface area contributed by atoms with Crippen molar-refractivity contribution in [2.75, 3.05) is 11.9 Å². The Morgan fingerprint density at radius 1 is 1.16 bits per heavy atom. The van der Waals surface area contributed by atoms with E-state index in [9.17, 15) is 4.39 Å². The van der Waals surface area contributed by atoms with Crippen molar-refractivity contribution in [2.24, 2.45) is 0 Å². The lowest BCUT2D eigenvalue weighted by molar-refractivity contribution is 0.613. The van der Waals surface area contributed by atoms with E-state index >= 15 is 0 Å². The van der Waals surface area contributed by atoms with Gasteiger partial charge in [-0.25, -0.2) is 8.91 Å². The van der Waals surface area contributed by atoms with Gasteiger partial charge in [-0.1, -0.05) is 39.0 Å². The number of nitrogens with zero attached hydrogens (tertiary/aromatic N) is 3. The number of halogens is 1. The fraction of sp³-hybridized carbons (Fsp3) is 0.571. The standard InChI is InChI=1S/C14H21FN4/c1-2-3-4-5-6-7-10-16-14-17-13-9-8-12(15)11-19(13)18-14/h8-9,11H,2-7,10H2,1H3,(H,16,18). The smallest absolute Gasteiger partial charge is 0.243 e. The highest BCUT2D eigenvalue weighted by Gasteiger charge is 2.03. The van der Waals surface area contributed by atoms with Crippen molar-refractivity contribution in [3.8, 4) is 0 Å². The number of hydrogen-bond acceptors (Lipinski definition) is 3. The fourth-order valence-corrected chi connectivity index (χ4v) is 2.04. The highest BCUT2D eigenvalue weighted by Crippen LogP contribution is 2.08. The lowest BCUT2D eigenvalue weighted by atomic mass is 10.1. The van der Waals surface area contributed by atoms with Crippen LogP contribution >= 0.6 is 0 Å². The summed E-state index contributed by atoms with van der Waals surface area (Å²) in [6, 6.07) is 3.01. The average molecular weight is 264 g/mol. The highest BCUT2D eigenvalue weighted by atomic mass is 19.1. The summed E-state index contributed by atoms with van der Waals surface area (Å²) >= 11 is 0. The van der Waals surface area contributed by atoms with E-state index in [-0.39, 0.29) is 5.82 Å². The molecule has 0 aliphatic carbocycles. The lowest BCUT2D eigenvalue weighted by Crippen LogP contribution is -2.03. The maximum atomic E-state index is 13.0. The van der Waals surface area contributed by atoms with Gasteiger partial charge in [0, 0.05) is 6.54 Å². The zero-order valence-electron chi connectivity index (χ0n) is 11.4. The van der Waals surface area contributed by atoms with Gasteiger partial charge in [0.15, 0.2) is 5.65 Å². The molecule has 0 radical (unpaired) electrons. The molecule has 0 fully saturated rings. The van der Waals surface area contributed by atoms with E-state index in [1.54, 1.807) is 6.07 Å². The third-order valence-electron chi connectivity index (χ3n) is 3.11. The number of fused-ring (bicyclic) bond motifs is 1. The predicted octanol–water partition coefficient (Wildman–Crippen LogP) is 3.64. The van der Waals surface area contributed by atoms with Crippen LogP contribution in [0.3, 0.4) is 0 Å². The molecule has 0 atom stereocenters. The number of unbranched alkanes of at least 4 members (excludes halogenated alkanes) is 5. The first kappa shape index (κ1) is 13.8. The summed E-state index contributed by atoms with van der Waals surface area (Å²) in [4.78, 5) is 4.28. The fourth-order valence-electron chi connectivity index (χ4n) is 2.04. The van der Waals surface area contributed by atoms with E-state index in [0.717, 1.165) is 13.0 Å². The number of hydrogen-bond donors (Lipinski definition) is 1. The van der Waals surface area contributed by atoms with Gasteiger partial charge in [-0.3, -0.25) is 0 Å². The monoisotopic (exact) mass is 264 g/mol. The van der Waals surface area contributed by atoms with Crippen molar-refractivity contribution in [2.45, 2.75) is 45.4 Å². The molecule has 0 bridgehead atoms. The molecule has 0 amide bonds. The molecule has 0 spiro atoms. The van der Waals surface area contributed by atoms with Crippen molar-refractivity contribution in [3.63, 3.8) is 0 Å². The molecule has 2 aromatic heterocycles. The van der Waals surface area contributed by atoms with Gasteiger partial charge in [-0.2, -0.15) is 4.98 Å². The minimum Gasteiger partial charge on any atom is -0.353 e. The molecule has 1 N–H and O–H groups in total. The molecule has 0 saturated carbocycles. The molecule has 0 aromatic carbocycles. The van der Waals surface area contributed by atoms with Gasteiger partial charge in [0.1, 0.15) is 5.82 Å². The van der Waals surface area contributed by atoms with Crippen LogP contribution in [-0.2, 0) is 0 Å². The molecule has 2 heterocycles. The molecule has 2 aromatic rings. The van der Waals surface area contributed by atoms with Crippen molar-refractivity contribution < 1.29 is 4.39 Å². The van der Waals surface area contributed by atoms with Crippen LogP contribution in [0.25, 0.3) is 5.65 Å². The third-order valence-corrected chi connectivity index (χ3v) is 3.11. The quantitative estimate of drug-likeness (QED) is 0.740. The summed E-state index contributed by atoms with van der Waals surface area (Å²) in [5.41, 5.74) is 0.659. The summed E-state index contributed by atoms with van der Waals surface area (Å²) in [5.74, 6) is 0.263. The summed E-state index contributed by atoms with van der Waals surface area (Å²) in [6.45, 7) is 3.09. The molecule has 0 aliphatic heterocycles. The molecule has 4 nitrogen and oxygen atoms in total. The van der Waals surface area contributed by atoms with Crippen molar-refractivity contribution in [1.29, 1.82) is 0 Å². The van der Waals surface area contributed by atoms with Gasteiger partial charge < -0.3 is 5.32 Å². The Hall–Kier alpha value is -1.65. The van der Waals surface area contributed by atoms with E-state index in [1.165, 1.54) is 48.9 Å². The Kier molecular flexibility index (Phi) is 5.12. The molecule has 0 saturated heterocycles. The number of anilines is 1. The topological polar surface area (TPSA) is 42.2 Å². The highest BCUT2D eigenvalue weighted by molar-refractivity contribution is 5.42. The van der Waals surface area contributed by atoms with Gasteiger partial charge >= 0.3 is 0 Å². The van der Waals surface area contributed by atoms with Crippen LogP contribution < -0.4 is 5.32 Å².